The van der Waals surface area contributed by atoms with Crippen LogP contribution in [0.3, 0.4) is 0 Å². The summed E-state index contributed by atoms with van der Waals surface area (Å²) >= 11 is 0. The molecule has 3 fully saturated rings. The van der Waals surface area contributed by atoms with Crippen molar-refractivity contribution < 1.29 is 95.3 Å². The highest BCUT2D eigenvalue weighted by Gasteiger charge is 2.58. The number of rotatable bonds is 33. The second-order valence-electron chi connectivity index (χ2n) is 26.6. The number of carbonyl (C=O) groups excluding carboxylic acids is 4. The summed E-state index contributed by atoms with van der Waals surface area (Å²) in [5.41, 5.74) is 6.13. The maximum absolute atomic E-state index is 15.2. The number of aliphatic hydroxyl groups is 1. The summed E-state index contributed by atoms with van der Waals surface area (Å²) in [7, 11) is 0. The number of aryl methyl sites for hydroxylation is 1. The van der Waals surface area contributed by atoms with Crippen LogP contribution in [0.2, 0.25) is 0 Å². The number of carbonyl (C=O) groups is 4. The first-order valence-corrected chi connectivity index (χ1v) is 36.4. The Bertz CT molecular complexity index is 4390. The molecular formula is C89H86O20. The van der Waals surface area contributed by atoms with Crippen LogP contribution in [0.1, 0.15) is 80.4 Å². The molecule has 0 spiro atoms. The average molecular weight is 1480 g/mol. The Hall–Kier alpha value is -10.4. The van der Waals surface area contributed by atoms with E-state index in [1.165, 1.54) is 24.3 Å². The molecule has 13 rings (SSSR count). The van der Waals surface area contributed by atoms with E-state index in [2.05, 4.69) is 0 Å². The molecule has 0 unspecified atom stereocenters. The van der Waals surface area contributed by atoms with E-state index in [0.29, 0.717) is 0 Å². The Balaban J connectivity index is 0.945. The SMILES string of the molecule is Cc1ccc(C(=O)O[C@H]2[C@H](OC[C@H]3O[C@@H](O[C@H]4[C@H](OCc5ccccc5)[C@@H](OCc5ccccc5)[C@@H](O)O[C@@H]4COCc4ccccc4)[C@H](OC(=O)c4ccccc4)[C@@H](OC(=O)c4ccccc4)[C@@H]3OC(=O)c3ccccc3)O[C@H](COCc3ccccc3)[C@@H](OCc3ccccc3)[C@@H]2OCc2ccccc2)cc1. The second-order valence-corrected chi connectivity index (χ2v) is 26.6. The summed E-state index contributed by atoms with van der Waals surface area (Å²) in [5, 5.41) is 12.4. The first-order valence-electron chi connectivity index (χ1n) is 36.4. The van der Waals surface area contributed by atoms with Gasteiger partial charge in [-0.15, -0.1) is 0 Å². The van der Waals surface area contributed by atoms with Crippen molar-refractivity contribution >= 4 is 23.9 Å². The van der Waals surface area contributed by atoms with Crippen molar-refractivity contribution in [2.75, 3.05) is 19.8 Å². The first kappa shape index (κ1) is 76.8. The van der Waals surface area contributed by atoms with E-state index in [9.17, 15) is 9.90 Å². The van der Waals surface area contributed by atoms with Gasteiger partial charge in [0.2, 0.25) is 0 Å². The summed E-state index contributed by atoms with van der Waals surface area (Å²) in [6, 6.07) is 87.9. The van der Waals surface area contributed by atoms with Crippen molar-refractivity contribution in [1.82, 2.24) is 0 Å². The quantitative estimate of drug-likeness (QED) is 0.0298. The predicted molar refractivity (Wildman–Crippen MR) is 399 cm³/mol. The largest absolute Gasteiger partial charge is 0.452 e. The van der Waals surface area contributed by atoms with Crippen LogP contribution in [0.15, 0.2) is 297 Å². The molecule has 0 radical (unpaired) electrons. The van der Waals surface area contributed by atoms with Crippen molar-refractivity contribution in [3.8, 4) is 0 Å². The van der Waals surface area contributed by atoms with Crippen molar-refractivity contribution in [3.05, 3.63) is 358 Å². The zero-order valence-electron chi connectivity index (χ0n) is 60.0. The van der Waals surface area contributed by atoms with E-state index in [-0.39, 0.29) is 75.1 Å². The topological polar surface area (TPSA) is 227 Å². The third kappa shape index (κ3) is 21.3. The second kappa shape index (κ2) is 39.1. The highest BCUT2D eigenvalue weighted by Crippen LogP contribution is 2.39. The van der Waals surface area contributed by atoms with Gasteiger partial charge in [0.25, 0.3) is 0 Å². The molecule has 0 bridgehead atoms. The normalized spacial score (nSPS) is 23.9. The van der Waals surface area contributed by atoms with Crippen molar-refractivity contribution in [2.45, 2.75) is 139 Å². The van der Waals surface area contributed by atoms with Gasteiger partial charge in [-0.05, 0) is 88.8 Å². The molecule has 3 aliphatic heterocycles. The number of benzene rings is 10. The maximum Gasteiger partial charge on any atom is 0.338 e. The Morgan fingerprint density at radius 2 is 0.569 bits per heavy atom. The number of hydrogen-bond donors (Lipinski definition) is 1. The van der Waals surface area contributed by atoms with Crippen molar-refractivity contribution in [3.63, 3.8) is 0 Å². The van der Waals surface area contributed by atoms with E-state index in [4.69, 9.17) is 71.1 Å². The van der Waals surface area contributed by atoms with Gasteiger partial charge in [-0.3, -0.25) is 0 Å². The molecule has 10 aromatic carbocycles. The fourth-order valence-corrected chi connectivity index (χ4v) is 13.1. The van der Waals surface area contributed by atoms with Gasteiger partial charge >= 0.3 is 23.9 Å². The third-order valence-electron chi connectivity index (χ3n) is 18.7. The summed E-state index contributed by atoms with van der Waals surface area (Å²) in [6.07, 6.45) is -22.4. The Labute approximate surface area is 633 Å². The summed E-state index contributed by atoms with van der Waals surface area (Å²) in [4.78, 5) is 60.5. The number of hydrogen-bond acceptors (Lipinski definition) is 20. The maximum atomic E-state index is 15.2. The summed E-state index contributed by atoms with van der Waals surface area (Å²) < 4.78 is 103. The highest BCUT2D eigenvalue weighted by molar-refractivity contribution is 5.91. The van der Waals surface area contributed by atoms with E-state index >= 15 is 14.4 Å². The van der Waals surface area contributed by atoms with Gasteiger partial charge in [0.05, 0.1) is 81.7 Å². The molecule has 3 saturated heterocycles. The van der Waals surface area contributed by atoms with E-state index in [1.54, 1.807) is 91.0 Å². The minimum absolute atomic E-state index is 0.00613. The van der Waals surface area contributed by atoms with E-state index in [0.717, 1.165) is 38.9 Å². The average Bonchev–Trinajstić information content (AvgIpc) is 0.769. The van der Waals surface area contributed by atoms with Crippen LogP contribution in [-0.4, -0.2) is 141 Å². The van der Waals surface area contributed by atoms with Crippen molar-refractivity contribution in [1.29, 1.82) is 0 Å². The lowest BCUT2D eigenvalue weighted by Gasteiger charge is -2.49. The first-order chi connectivity index (χ1) is 53.5. The molecule has 0 aromatic heterocycles. The smallest absolute Gasteiger partial charge is 0.338 e. The van der Waals surface area contributed by atoms with Gasteiger partial charge in [-0.2, -0.15) is 0 Å². The van der Waals surface area contributed by atoms with Crippen LogP contribution < -0.4 is 0 Å². The number of ether oxygens (including phenoxy) is 15. The zero-order chi connectivity index (χ0) is 74.9. The van der Waals surface area contributed by atoms with Gasteiger partial charge in [0.1, 0.15) is 48.8 Å². The van der Waals surface area contributed by atoms with E-state index < -0.39 is 123 Å². The molecule has 15 atom stereocenters. The molecule has 20 nitrogen and oxygen atoms in total. The lowest BCUT2D eigenvalue weighted by Crippen LogP contribution is -2.67. The molecule has 0 aliphatic carbocycles. The van der Waals surface area contributed by atoms with Crippen LogP contribution >= 0.6 is 0 Å². The standard InChI is InChI=1S/C89H86O20/c1-60-47-49-70(50-48-60)86(93)107-81-77(98-54-64-35-17-5-18-36-64)74(97-53-63-33-15-4-16-34-63)71(57-95-51-61-29-11-2-12-30-61)103-88(81)101-59-73-76(105-83(90)67-41-23-8-24-42-67)79(106-84(91)68-43-25-9-26-44-68)82(108-85(92)69-45-27-10-28-46-69)89(104-73)109-75-72(58-96-52-62-31-13-3-14-32-62)102-87(94)80(100-56-66-39-21-7-22-40-66)78(75)99-55-65-37-19-6-20-38-65/h2-50,71-82,87-89,94H,51-59H2,1H3/t71-,72-,73-,74-,75-,76-,77+,78+,79+,80-,81-,82-,87+,88-,89+/m1/s1. The van der Waals surface area contributed by atoms with Crippen LogP contribution in [0, 0.1) is 6.92 Å². The fourth-order valence-electron chi connectivity index (χ4n) is 13.1. The summed E-state index contributed by atoms with van der Waals surface area (Å²) in [5.74, 6) is -3.53. The van der Waals surface area contributed by atoms with Gasteiger partial charge in [0.15, 0.2) is 43.3 Å². The van der Waals surface area contributed by atoms with Crippen molar-refractivity contribution in [2.24, 2.45) is 0 Å². The van der Waals surface area contributed by atoms with Crippen LogP contribution in [0.4, 0.5) is 0 Å². The Morgan fingerprint density at radius 1 is 0.275 bits per heavy atom. The molecule has 109 heavy (non-hydrogen) atoms. The zero-order valence-corrected chi connectivity index (χ0v) is 60.0. The minimum atomic E-state index is -1.90. The molecule has 10 aromatic rings. The fraction of sp³-hybridized carbons (Fsp3) is 0.281. The Kier molecular flexibility index (Phi) is 27.6. The van der Waals surface area contributed by atoms with E-state index in [1.807, 2.05) is 189 Å². The van der Waals surface area contributed by atoms with Crippen LogP contribution in [-0.2, 0) is 111 Å². The van der Waals surface area contributed by atoms with Gasteiger partial charge in [0, 0.05) is 0 Å². The van der Waals surface area contributed by atoms with Crippen LogP contribution in [0.5, 0.6) is 0 Å². The molecule has 3 aliphatic rings. The monoisotopic (exact) mass is 1470 g/mol. The highest BCUT2D eigenvalue weighted by atomic mass is 16.8. The van der Waals surface area contributed by atoms with Crippen LogP contribution in [0.25, 0.3) is 0 Å². The molecule has 0 amide bonds. The molecule has 3 heterocycles. The molecule has 1 N–H and O–H groups in total. The van der Waals surface area contributed by atoms with Gasteiger partial charge in [-0.1, -0.05) is 254 Å². The minimum Gasteiger partial charge on any atom is -0.452 e. The van der Waals surface area contributed by atoms with Gasteiger partial charge in [-0.25, -0.2) is 19.2 Å². The summed E-state index contributed by atoms with van der Waals surface area (Å²) in [6.45, 7) is 1.11. The van der Waals surface area contributed by atoms with Gasteiger partial charge < -0.3 is 76.2 Å². The third-order valence-corrected chi connectivity index (χ3v) is 18.7. The molecular weight excluding hydrogens is 1390 g/mol. The predicted octanol–water partition coefficient (Wildman–Crippen LogP) is 13.5. The number of esters is 4. The lowest BCUT2D eigenvalue weighted by atomic mass is 9.95. The lowest BCUT2D eigenvalue weighted by molar-refractivity contribution is -0.368. The molecule has 562 valence electrons. The molecule has 0 saturated carbocycles. The molecule has 20 heteroatoms. The number of aliphatic hydroxyl groups excluding tert-OH is 1. The Morgan fingerprint density at radius 3 is 0.972 bits per heavy atom.